The maximum Gasteiger partial charge on any atom is 0.255 e. The van der Waals surface area contributed by atoms with Crippen LogP contribution in [0.5, 0.6) is 0 Å². The molecule has 2 N–H and O–H groups in total. The molecular formula is C24H31N3O4S. The Morgan fingerprint density at radius 3 is 2.25 bits per heavy atom. The fourth-order valence-electron chi connectivity index (χ4n) is 3.74. The fourth-order valence-corrected chi connectivity index (χ4v) is 5.43. The number of sulfonamides is 1. The number of anilines is 1. The van der Waals surface area contributed by atoms with Gasteiger partial charge in [-0.25, -0.2) is 8.42 Å². The highest BCUT2D eigenvalue weighted by molar-refractivity contribution is 7.89. The summed E-state index contributed by atoms with van der Waals surface area (Å²) in [6, 6.07) is 12.6. The van der Waals surface area contributed by atoms with Crippen LogP contribution in [0.3, 0.4) is 0 Å². The van der Waals surface area contributed by atoms with Crippen LogP contribution in [0.4, 0.5) is 5.69 Å². The highest BCUT2D eigenvalue weighted by atomic mass is 32.2. The number of benzene rings is 2. The average molecular weight is 458 g/mol. The van der Waals surface area contributed by atoms with Crippen LogP contribution in [0, 0.1) is 0 Å². The molecule has 0 aromatic heterocycles. The molecule has 2 aromatic carbocycles. The number of nitrogens with one attached hydrogen (secondary N) is 2. The minimum Gasteiger partial charge on any atom is -0.347 e. The van der Waals surface area contributed by atoms with Crippen molar-refractivity contribution in [3.8, 4) is 0 Å². The molecule has 1 atom stereocenters. The van der Waals surface area contributed by atoms with Crippen molar-refractivity contribution in [2.45, 2.75) is 63.4 Å². The number of hydrogen-bond donors (Lipinski definition) is 2. The molecule has 1 aliphatic heterocycles. The van der Waals surface area contributed by atoms with Crippen LogP contribution in [-0.2, 0) is 10.0 Å². The van der Waals surface area contributed by atoms with Crippen molar-refractivity contribution in [2.24, 2.45) is 0 Å². The van der Waals surface area contributed by atoms with Gasteiger partial charge in [0.05, 0.1) is 16.1 Å². The van der Waals surface area contributed by atoms with E-state index >= 15 is 0 Å². The zero-order valence-corrected chi connectivity index (χ0v) is 19.8. The predicted molar refractivity (Wildman–Crippen MR) is 125 cm³/mol. The van der Waals surface area contributed by atoms with Crippen molar-refractivity contribution in [1.82, 2.24) is 9.62 Å². The van der Waals surface area contributed by atoms with E-state index in [4.69, 9.17) is 0 Å². The van der Waals surface area contributed by atoms with Gasteiger partial charge in [0.25, 0.3) is 11.8 Å². The smallest absolute Gasteiger partial charge is 0.255 e. The van der Waals surface area contributed by atoms with Crippen LogP contribution in [0.2, 0.25) is 0 Å². The van der Waals surface area contributed by atoms with Gasteiger partial charge >= 0.3 is 0 Å². The van der Waals surface area contributed by atoms with Gasteiger partial charge in [0.1, 0.15) is 0 Å². The van der Waals surface area contributed by atoms with Crippen LogP contribution < -0.4 is 10.6 Å². The number of carbonyl (C=O) groups excluding carboxylic acids is 2. The summed E-state index contributed by atoms with van der Waals surface area (Å²) in [6.45, 7) is 8.08. The van der Waals surface area contributed by atoms with Crippen molar-refractivity contribution in [1.29, 1.82) is 0 Å². The van der Waals surface area contributed by atoms with Gasteiger partial charge in [-0.1, -0.05) is 18.6 Å². The number of amides is 2. The molecule has 0 spiro atoms. The van der Waals surface area contributed by atoms with Gasteiger partial charge in [-0.2, -0.15) is 4.31 Å². The molecule has 0 aliphatic carbocycles. The largest absolute Gasteiger partial charge is 0.347 e. The minimum absolute atomic E-state index is 0.0347. The van der Waals surface area contributed by atoms with E-state index in [1.54, 1.807) is 24.3 Å². The predicted octanol–water partition coefficient (Wildman–Crippen LogP) is 4.03. The van der Waals surface area contributed by atoms with Crippen molar-refractivity contribution < 1.29 is 18.0 Å². The van der Waals surface area contributed by atoms with Crippen molar-refractivity contribution in [3.05, 3.63) is 59.7 Å². The first kappa shape index (κ1) is 23.9. The second-order valence-corrected chi connectivity index (χ2v) is 11.1. The number of carbonyl (C=O) groups is 2. The topological polar surface area (TPSA) is 95.6 Å². The second-order valence-electron chi connectivity index (χ2n) is 9.19. The maximum atomic E-state index is 13.0. The van der Waals surface area contributed by atoms with Gasteiger partial charge in [-0.15, -0.1) is 0 Å². The standard InChI is InChI=1S/C24H31N3O4S/c1-17-9-7-8-16-27(17)32(30,31)19-14-12-18(13-15-19)22(28)25-21-11-6-5-10-20(21)23(29)26-24(2,3)4/h5-6,10-15,17H,7-9,16H2,1-4H3,(H,25,28)(H,26,29). The number of rotatable bonds is 5. The lowest BCUT2D eigenvalue weighted by Gasteiger charge is -2.32. The van der Waals surface area contributed by atoms with Crippen molar-refractivity contribution in [3.63, 3.8) is 0 Å². The molecule has 1 saturated heterocycles. The molecule has 0 saturated carbocycles. The fraction of sp³-hybridized carbons (Fsp3) is 0.417. The number of nitrogens with zero attached hydrogens (tertiary/aromatic N) is 1. The Balaban J connectivity index is 1.77. The summed E-state index contributed by atoms with van der Waals surface area (Å²) in [5.74, 6) is -0.707. The van der Waals surface area contributed by atoms with E-state index in [9.17, 15) is 18.0 Å². The molecule has 7 nitrogen and oxygen atoms in total. The van der Waals surface area contributed by atoms with Crippen molar-refractivity contribution in [2.75, 3.05) is 11.9 Å². The third-order valence-corrected chi connectivity index (χ3v) is 7.40. The molecule has 2 amide bonds. The number of piperidine rings is 1. The molecule has 8 heteroatoms. The second kappa shape index (κ2) is 9.42. The minimum atomic E-state index is -3.60. The van der Waals surface area contributed by atoms with E-state index in [2.05, 4.69) is 10.6 Å². The lowest BCUT2D eigenvalue weighted by atomic mass is 10.1. The third kappa shape index (κ3) is 5.55. The molecule has 1 heterocycles. The highest BCUT2D eigenvalue weighted by Crippen LogP contribution is 2.25. The number of hydrogen-bond acceptors (Lipinski definition) is 4. The SMILES string of the molecule is CC1CCCCN1S(=O)(=O)c1ccc(C(=O)Nc2ccccc2C(=O)NC(C)(C)C)cc1. The summed E-state index contributed by atoms with van der Waals surface area (Å²) >= 11 is 0. The van der Waals surface area contributed by atoms with E-state index in [1.807, 2.05) is 27.7 Å². The Kier molecular flexibility index (Phi) is 7.05. The van der Waals surface area contributed by atoms with Gasteiger partial charge < -0.3 is 10.6 Å². The average Bonchev–Trinajstić information content (AvgIpc) is 2.73. The van der Waals surface area contributed by atoms with Gasteiger partial charge in [0.15, 0.2) is 0 Å². The van der Waals surface area contributed by atoms with Gasteiger partial charge in [0.2, 0.25) is 10.0 Å². The summed E-state index contributed by atoms with van der Waals surface area (Å²) in [5, 5.41) is 5.65. The Morgan fingerprint density at radius 2 is 1.62 bits per heavy atom. The normalized spacial score (nSPS) is 17.6. The highest BCUT2D eigenvalue weighted by Gasteiger charge is 2.31. The van der Waals surface area contributed by atoms with Crippen LogP contribution in [-0.4, -0.2) is 42.7 Å². The molecule has 3 rings (SSSR count). The Labute approximate surface area is 190 Å². The first-order valence-electron chi connectivity index (χ1n) is 10.8. The molecule has 1 fully saturated rings. The maximum absolute atomic E-state index is 13.0. The number of para-hydroxylation sites is 1. The summed E-state index contributed by atoms with van der Waals surface area (Å²) < 4.78 is 27.5. The van der Waals surface area contributed by atoms with Gasteiger partial charge in [0, 0.05) is 23.7 Å². The summed E-state index contributed by atoms with van der Waals surface area (Å²) in [6.07, 6.45) is 2.73. The zero-order valence-electron chi connectivity index (χ0n) is 19.0. The van der Waals surface area contributed by atoms with Crippen LogP contribution in [0.15, 0.2) is 53.4 Å². The monoisotopic (exact) mass is 457 g/mol. The van der Waals surface area contributed by atoms with E-state index in [0.717, 1.165) is 19.3 Å². The summed E-state index contributed by atoms with van der Waals surface area (Å²) in [5.41, 5.74) is 0.635. The van der Waals surface area contributed by atoms with E-state index < -0.39 is 21.5 Å². The first-order valence-corrected chi connectivity index (χ1v) is 12.3. The summed E-state index contributed by atoms with van der Waals surface area (Å²) in [4.78, 5) is 25.6. The van der Waals surface area contributed by atoms with Gasteiger partial charge in [-0.3, -0.25) is 9.59 Å². The van der Waals surface area contributed by atoms with E-state index in [-0.39, 0.29) is 16.8 Å². The quantitative estimate of drug-likeness (QED) is 0.709. The molecule has 0 bridgehead atoms. The third-order valence-electron chi connectivity index (χ3n) is 5.37. The van der Waals surface area contributed by atoms with Crippen molar-refractivity contribution >= 4 is 27.5 Å². The molecule has 1 aliphatic rings. The lowest BCUT2D eigenvalue weighted by molar-refractivity contribution is 0.0920. The lowest BCUT2D eigenvalue weighted by Crippen LogP contribution is -2.41. The molecule has 0 radical (unpaired) electrons. The molecule has 32 heavy (non-hydrogen) atoms. The Morgan fingerprint density at radius 1 is 0.969 bits per heavy atom. The Bertz CT molecular complexity index is 1090. The zero-order chi connectivity index (χ0) is 23.5. The summed E-state index contributed by atoms with van der Waals surface area (Å²) in [7, 11) is -3.60. The molecule has 1 unspecified atom stereocenters. The van der Waals surface area contributed by atoms with E-state index in [0.29, 0.717) is 23.4 Å². The van der Waals surface area contributed by atoms with Crippen LogP contribution >= 0.6 is 0 Å². The van der Waals surface area contributed by atoms with Crippen LogP contribution in [0.25, 0.3) is 0 Å². The van der Waals surface area contributed by atoms with Gasteiger partial charge in [-0.05, 0) is 76.9 Å². The Hall–Kier alpha value is -2.71. The first-order chi connectivity index (χ1) is 15.0. The molecular weight excluding hydrogens is 426 g/mol. The van der Waals surface area contributed by atoms with Crippen LogP contribution in [0.1, 0.15) is 67.7 Å². The molecule has 172 valence electrons. The molecule has 2 aromatic rings. The van der Waals surface area contributed by atoms with E-state index in [1.165, 1.54) is 28.6 Å².